The van der Waals surface area contributed by atoms with E-state index in [2.05, 4.69) is 23.4 Å². The van der Waals surface area contributed by atoms with Gasteiger partial charge < -0.3 is 5.32 Å². The normalized spacial score (nSPS) is 29.1. The van der Waals surface area contributed by atoms with Gasteiger partial charge in [0.1, 0.15) is 0 Å². The van der Waals surface area contributed by atoms with Gasteiger partial charge in [0, 0.05) is 13.2 Å². The molecular weight excluding hydrogens is 162 g/mol. The number of hydrogen-bond acceptors (Lipinski definition) is 2. The number of rotatable bonds is 1. The molecule has 1 aromatic heterocycles. The molecule has 2 rings (SSSR count). The molecule has 72 valence electrons. The van der Waals surface area contributed by atoms with Gasteiger partial charge in [0.05, 0.1) is 11.7 Å². The summed E-state index contributed by atoms with van der Waals surface area (Å²) in [4.78, 5) is 0. The molecular formula is C10H17N3. The van der Waals surface area contributed by atoms with Crippen LogP contribution in [0.15, 0.2) is 12.3 Å². The molecule has 2 atom stereocenters. The van der Waals surface area contributed by atoms with E-state index >= 15 is 0 Å². The molecule has 0 aliphatic carbocycles. The second-order valence-corrected chi connectivity index (χ2v) is 3.97. The zero-order chi connectivity index (χ0) is 9.26. The van der Waals surface area contributed by atoms with Crippen molar-refractivity contribution in [3.05, 3.63) is 18.0 Å². The lowest BCUT2D eigenvalue weighted by molar-refractivity contribution is 0.299. The summed E-state index contributed by atoms with van der Waals surface area (Å²) in [5, 5.41) is 7.96. The molecule has 13 heavy (non-hydrogen) atoms. The monoisotopic (exact) mass is 179 g/mol. The summed E-state index contributed by atoms with van der Waals surface area (Å²) in [6.45, 7) is 3.43. The van der Waals surface area contributed by atoms with Gasteiger partial charge >= 0.3 is 0 Å². The first kappa shape index (κ1) is 8.75. The minimum atomic E-state index is 0.468. The van der Waals surface area contributed by atoms with Gasteiger partial charge in [-0.05, 0) is 31.4 Å². The van der Waals surface area contributed by atoms with E-state index in [0.717, 1.165) is 6.54 Å². The van der Waals surface area contributed by atoms with Gasteiger partial charge in [-0.25, -0.2) is 0 Å². The van der Waals surface area contributed by atoms with Gasteiger partial charge in [-0.3, -0.25) is 4.68 Å². The molecule has 2 heterocycles. The second kappa shape index (κ2) is 3.50. The van der Waals surface area contributed by atoms with Gasteiger partial charge in [0.2, 0.25) is 0 Å². The summed E-state index contributed by atoms with van der Waals surface area (Å²) in [7, 11) is 1.97. The zero-order valence-corrected chi connectivity index (χ0v) is 8.33. The van der Waals surface area contributed by atoms with Crippen LogP contribution in [0.25, 0.3) is 0 Å². The Morgan fingerprint density at radius 3 is 3.08 bits per heavy atom. The van der Waals surface area contributed by atoms with Gasteiger partial charge in [-0.1, -0.05) is 6.92 Å². The average molecular weight is 179 g/mol. The highest BCUT2D eigenvalue weighted by Crippen LogP contribution is 2.27. The highest BCUT2D eigenvalue weighted by molar-refractivity contribution is 5.07. The lowest BCUT2D eigenvalue weighted by Crippen LogP contribution is -2.33. The minimum Gasteiger partial charge on any atom is -0.308 e. The predicted octanol–water partition coefficient (Wildman–Crippen LogP) is 1.48. The highest BCUT2D eigenvalue weighted by Gasteiger charge is 2.23. The molecule has 2 unspecified atom stereocenters. The molecule has 0 radical (unpaired) electrons. The molecule has 0 saturated carbocycles. The molecule has 1 aromatic rings. The van der Waals surface area contributed by atoms with Crippen molar-refractivity contribution in [1.29, 1.82) is 0 Å². The van der Waals surface area contributed by atoms with Crippen LogP contribution in [0.3, 0.4) is 0 Å². The number of piperidine rings is 1. The fraction of sp³-hybridized carbons (Fsp3) is 0.700. The fourth-order valence-electron chi connectivity index (χ4n) is 2.04. The Balaban J connectivity index is 2.14. The Morgan fingerprint density at radius 1 is 1.62 bits per heavy atom. The first-order valence-corrected chi connectivity index (χ1v) is 5.00. The van der Waals surface area contributed by atoms with E-state index in [1.165, 1.54) is 18.5 Å². The van der Waals surface area contributed by atoms with Crippen molar-refractivity contribution >= 4 is 0 Å². The van der Waals surface area contributed by atoms with Crippen molar-refractivity contribution in [1.82, 2.24) is 15.1 Å². The topological polar surface area (TPSA) is 29.9 Å². The largest absolute Gasteiger partial charge is 0.308 e. The third kappa shape index (κ3) is 1.75. The maximum absolute atomic E-state index is 4.44. The standard InChI is InChI=1S/C10H17N3/c1-8-4-3-6-11-10(8)9-5-7-13(2)12-9/h5,7-8,10-11H,3-4,6H2,1-2H3. The van der Waals surface area contributed by atoms with Crippen LogP contribution in [0.4, 0.5) is 0 Å². The van der Waals surface area contributed by atoms with Crippen LogP contribution < -0.4 is 5.32 Å². The molecule has 0 aromatic carbocycles. The van der Waals surface area contributed by atoms with Crippen molar-refractivity contribution < 1.29 is 0 Å². The Hall–Kier alpha value is -0.830. The Kier molecular flexibility index (Phi) is 2.36. The molecule has 0 spiro atoms. The molecule has 1 aliphatic heterocycles. The van der Waals surface area contributed by atoms with Crippen LogP contribution in [0.1, 0.15) is 31.5 Å². The van der Waals surface area contributed by atoms with Crippen LogP contribution in [-0.4, -0.2) is 16.3 Å². The van der Waals surface area contributed by atoms with E-state index in [4.69, 9.17) is 0 Å². The lowest BCUT2D eigenvalue weighted by atomic mass is 9.91. The highest BCUT2D eigenvalue weighted by atomic mass is 15.3. The van der Waals surface area contributed by atoms with Crippen LogP contribution >= 0.6 is 0 Å². The maximum Gasteiger partial charge on any atom is 0.0796 e. The Bertz CT molecular complexity index is 279. The minimum absolute atomic E-state index is 0.468. The summed E-state index contributed by atoms with van der Waals surface area (Å²) >= 11 is 0. The molecule has 0 amide bonds. The molecule has 1 N–H and O–H groups in total. The van der Waals surface area contributed by atoms with E-state index in [1.807, 2.05) is 17.9 Å². The van der Waals surface area contributed by atoms with Crippen molar-refractivity contribution in [3.63, 3.8) is 0 Å². The van der Waals surface area contributed by atoms with Crippen LogP contribution in [0, 0.1) is 5.92 Å². The number of aryl methyl sites for hydroxylation is 1. The quantitative estimate of drug-likeness (QED) is 0.707. The molecule has 3 nitrogen and oxygen atoms in total. The van der Waals surface area contributed by atoms with Crippen molar-refractivity contribution in [2.45, 2.75) is 25.8 Å². The lowest BCUT2D eigenvalue weighted by Gasteiger charge is -2.28. The van der Waals surface area contributed by atoms with Crippen molar-refractivity contribution in [2.24, 2.45) is 13.0 Å². The summed E-state index contributed by atoms with van der Waals surface area (Å²) in [5.41, 5.74) is 1.19. The average Bonchev–Trinajstić information content (AvgIpc) is 2.53. The van der Waals surface area contributed by atoms with Gasteiger partial charge in [0.25, 0.3) is 0 Å². The molecule has 1 aliphatic rings. The summed E-state index contributed by atoms with van der Waals surface area (Å²) in [6.07, 6.45) is 4.62. The van der Waals surface area contributed by atoms with Gasteiger partial charge in [-0.2, -0.15) is 5.10 Å². The van der Waals surface area contributed by atoms with E-state index < -0.39 is 0 Å². The van der Waals surface area contributed by atoms with Gasteiger partial charge in [-0.15, -0.1) is 0 Å². The van der Waals surface area contributed by atoms with Crippen LogP contribution in [0.5, 0.6) is 0 Å². The van der Waals surface area contributed by atoms with Crippen LogP contribution in [0.2, 0.25) is 0 Å². The van der Waals surface area contributed by atoms with Crippen LogP contribution in [-0.2, 0) is 7.05 Å². The SMILES string of the molecule is CC1CCCNC1c1ccn(C)n1. The third-order valence-electron chi connectivity index (χ3n) is 2.82. The Morgan fingerprint density at radius 2 is 2.46 bits per heavy atom. The smallest absolute Gasteiger partial charge is 0.0796 e. The zero-order valence-electron chi connectivity index (χ0n) is 8.33. The first-order chi connectivity index (χ1) is 6.27. The Labute approximate surface area is 79.1 Å². The second-order valence-electron chi connectivity index (χ2n) is 3.97. The number of aromatic nitrogens is 2. The summed E-state index contributed by atoms with van der Waals surface area (Å²) < 4.78 is 1.87. The number of hydrogen-bond donors (Lipinski definition) is 1. The van der Waals surface area contributed by atoms with E-state index in [0.29, 0.717) is 12.0 Å². The first-order valence-electron chi connectivity index (χ1n) is 5.00. The molecule has 1 fully saturated rings. The molecule has 1 saturated heterocycles. The predicted molar refractivity (Wildman–Crippen MR) is 52.3 cm³/mol. The third-order valence-corrected chi connectivity index (χ3v) is 2.82. The van der Waals surface area contributed by atoms with E-state index in [9.17, 15) is 0 Å². The summed E-state index contributed by atoms with van der Waals surface area (Å²) in [6, 6.07) is 2.58. The number of nitrogens with zero attached hydrogens (tertiary/aromatic N) is 2. The fourth-order valence-corrected chi connectivity index (χ4v) is 2.04. The number of nitrogens with one attached hydrogen (secondary N) is 1. The van der Waals surface area contributed by atoms with Gasteiger partial charge in [0.15, 0.2) is 0 Å². The molecule has 0 bridgehead atoms. The molecule has 3 heteroatoms. The summed E-state index contributed by atoms with van der Waals surface area (Å²) in [5.74, 6) is 0.712. The van der Waals surface area contributed by atoms with E-state index in [1.54, 1.807) is 0 Å². The van der Waals surface area contributed by atoms with Crippen molar-refractivity contribution in [3.8, 4) is 0 Å². The van der Waals surface area contributed by atoms with Crippen molar-refractivity contribution in [2.75, 3.05) is 6.54 Å². The van der Waals surface area contributed by atoms with E-state index in [-0.39, 0.29) is 0 Å². The maximum atomic E-state index is 4.44.